The molecule has 1 aromatic rings. The van der Waals surface area contributed by atoms with Crippen LogP contribution >= 0.6 is 0 Å². The molecular formula is C45H62N4O16. The summed E-state index contributed by atoms with van der Waals surface area (Å²) >= 11 is 0. The molecule has 0 aromatic heterocycles. The first-order chi connectivity index (χ1) is 30.2. The minimum Gasteiger partial charge on any atom is -0.457 e. The number of hydrogen-bond donors (Lipinski definition) is 7. The van der Waals surface area contributed by atoms with Crippen molar-refractivity contribution in [2.75, 3.05) is 26.2 Å². The summed E-state index contributed by atoms with van der Waals surface area (Å²) in [6.45, 7) is 10.6. The second-order valence-corrected chi connectivity index (χ2v) is 19.5. The van der Waals surface area contributed by atoms with Gasteiger partial charge in [-0.05, 0) is 64.2 Å². The summed E-state index contributed by atoms with van der Waals surface area (Å²) < 4.78 is 29.7. The number of fused-ring (bicyclic) bond motifs is 5. The van der Waals surface area contributed by atoms with Crippen molar-refractivity contribution >= 4 is 41.6 Å². The number of amides is 3. The SMILES string of the molecule is CC(=O)O[C@@]12COC1C[C@H](O)[C@@]1(C)C(=O)[C@H](O)C3=C(C)[C@@H](OC(=O)[C@H](O)[C@@H](NC(=O)OC(C)(C)C)c4ccccc4)C[C@@](O)([C@@H](OC(=O)[C@@H]4CCCN4C(=O)CNC(=O)CN)C21)C3(C)C. The maximum absolute atomic E-state index is 15.1. The van der Waals surface area contributed by atoms with E-state index in [0.717, 1.165) is 6.92 Å². The van der Waals surface area contributed by atoms with Crippen molar-refractivity contribution in [1.82, 2.24) is 15.5 Å². The number of benzene rings is 1. The number of rotatable bonds is 11. The summed E-state index contributed by atoms with van der Waals surface area (Å²) in [7, 11) is 0. The van der Waals surface area contributed by atoms with E-state index >= 15 is 4.79 Å². The maximum Gasteiger partial charge on any atom is 0.408 e. The summed E-state index contributed by atoms with van der Waals surface area (Å²) in [5.74, 6) is -7.05. The molecule has 3 amide bonds. The summed E-state index contributed by atoms with van der Waals surface area (Å²) in [6.07, 6.45) is -11.8. The lowest BCUT2D eigenvalue weighted by Gasteiger charge is -2.67. The fourth-order valence-corrected chi connectivity index (χ4v) is 10.7. The van der Waals surface area contributed by atoms with Crippen molar-refractivity contribution in [3.63, 3.8) is 0 Å². The second-order valence-electron chi connectivity index (χ2n) is 19.5. The normalized spacial score (nSPS) is 33.6. The Morgan fingerprint density at radius 1 is 1.05 bits per heavy atom. The molecule has 4 fully saturated rings. The number of nitrogens with one attached hydrogen (secondary N) is 2. The Hall–Kier alpha value is -4.99. The zero-order chi connectivity index (χ0) is 48.2. The van der Waals surface area contributed by atoms with Crippen LogP contribution in [0.4, 0.5) is 4.79 Å². The Morgan fingerprint density at radius 3 is 2.29 bits per heavy atom. The fraction of sp³-hybridized carbons (Fsp3) is 0.667. The van der Waals surface area contributed by atoms with Gasteiger partial charge < -0.3 is 65.4 Å². The number of ketones is 1. The van der Waals surface area contributed by atoms with Gasteiger partial charge in [0.1, 0.15) is 41.7 Å². The molecule has 2 bridgehead atoms. The molecule has 358 valence electrons. The number of aliphatic hydroxyl groups excluding tert-OH is 3. The second kappa shape index (κ2) is 18.0. The van der Waals surface area contributed by atoms with Gasteiger partial charge in [-0.2, -0.15) is 0 Å². The van der Waals surface area contributed by atoms with Crippen LogP contribution in [0.15, 0.2) is 41.5 Å². The molecule has 1 aromatic carbocycles. The standard InChI is InChI=1S/C45H62N4O16/c1-22-26(62-39(58)34(55)32(24-13-10-9-11-14-24)48-40(59)65-41(3,4)5)18-45(60)37(63-38(57)25-15-12-16-49(25)30(53)20-47-29(52)19-46)35-43(8,36(56)33(54)31(22)42(45,6)7)27(51)17-28-44(35,21-61-28)64-23(2)50/h9-11,13-14,25-28,32-35,37,51,54-55,60H,12,15-21,46H2,1-8H3,(H,47,52)(H,48,59)/t25-,26-,27-,28?,32-,33+,34+,35?,37-,43+,44-,45+/m0/s1. The van der Waals surface area contributed by atoms with E-state index in [-0.39, 0.29) is 43.7 Å². The number of Topliss-reactive ketones (excluding diaryl/α,β-unsaturated/α-hetero) is 1. The van der Waals surface area contributed by atoms with Crippen LogP contribution in [-0.2, 0) is 52.5 Å². The van der Waals surface area contributed by atoms with Gasteiger partial charge in [0.05, 0.1) is 43.2 Å². The van der Waals surface area contributed by atoms with E-state index < -0.39 is 137 Å². The number of ether oxygens (including phenoxy) is 5. The average Bonchev–Trinajstić information content (AvgIpc) is 3.73. The predicted octanol–water partition coefficient (Wildman–Crippen LogP) is 0.0117. The quantitative estimate of drug-likeness (QED) is 0.0874. The molecule has 12 atom stereocenters. The Labute approximate surface area is 376 Å². The molecule has 6 rings (SSSR count). The van der Waals surface area contributed by atoms with Gasteiger partial charge in [0.25, 0.3) is 0 Å². The van der Waals surface area contributed by atoms with Crippen molar-refractivity contribution in [3.05, 3.63) is 47.0 Å². The van der Waals surface area contributed by atoms with Gasteiger partial charge in [-0.15, -0.1) is 0 Å². The van der Waals surface area contributed by atoms with Gasteiger partial charge in [-0.1, -0.05) is 44.2 Å². The molecule has 5 aliphatic rings. The van der Waals surface area contributed by atoms with E-state index in [4.69, 9.17) is 29.4 Å². The number of nitrogens with two attached hydrogens (primary N) is 1. The van der Waals surface area contributed by atoms with Crippen molar-refractivity contribution in [2.24, 2.45) is 22.5 Å². The number of alkyl carbamates (subject to hydrolysis) is 1. The van der Waals surface area contributed by atoms with Crippen LogP contribution in [0.2, 0.25) is 0 Å². The Kier molecular flexibility index (Phi) is 13.7. The lowest BCUT2D eigenvalue weighted by atomic mass is 9.44. The van der Waals surface area contributed by atoms with Crippen LogP contribution in [0.3, 0.4) is 0 Å². The van der Waals surface area contributed by atoms with Crippen LogP contribution in [0.25, 0.3) is 0 Å². The summed E-state index contributed by atoms with van der Waals surface area (Å²) in [6, 6.07) is 5.33. The van der Waals surface area contributed by atoms with E-state index in [1.807, 2.05) is 0 Å². The first-order valence-electron chi connectivity index (χ1n) is 21.8. The molecule has 2 aliphatic heterocycles. The number of carbonyl (C=O) groups is 7. The number of likely N-dealkylation sites (tertiary alicyclic amines) is 1. The van der Waals surface area contributed by atoms with Crippen LogP contribution in [0.5, 0.6) is 0 Å². The molecule has 2 heterocycles. The van der Waals surface area contributed by atoms with Gasteiger partial charge in [-0.3, -0.25) is 19.2 Å². The molecule has 2 unspecified atom stereocenters. The highest BCUT2D eigenvalue weighted by Crippen LogP contribution is 2.64. The molecule has 65 heavy (non-hydrogen) atoms. The zero-order valence-electron chi connectivity index (χ0n) is 38.0. The third-order valence-corrected chi connectivity index (χ3v) is 14.0. The number of esters is 3. The third-order valence-electron chi connectivity index (χ3n) is 14.0. The largest absolute Gasteiger partial charge is 0.457 e. The third kappa shape index (κ3) is 8.75. The molecule has 0 spiro atoms. The topological polar surface area (TPSA) is 300 Å². The van der Waals surface area contributed by atoms with Crippen molar-refractivity contribution in [1.29, 1.82) is 0 Å². The highest BCUT2D eigenvalue weighted by Gasteiger charge is 2.78. The van der Waals surface area contributed by atoms with Gasteiger partial charge in [-0.25, -0.2) is 14.4 Å². The number of hydrogen-bond acceptors (Lipinski definition) is 17. The highest BCUT2D eigenvalue weighted by atomic mass is 16.6. The maximum atomic E-state index is 15.1. The monoisotopic (exact) mass is 914 g/mol. The molecule has 2 saturated carbocycles. The number of nitrogens with zero attached hydrogens (tertiary/aromatic N) is 1. The van der Waals surface area contributed by atoms with E-state index in [9.17, 15) is 49.2 Å². The fourth-order valence-electron chi connectivity index (χ4n) is 10.7. The van der Waals surface area contributed by atoms with E-state index in [2.05, 4.69) is 10.6 Å². The van der Waals surface area contributed by atoms with Crippen LogP contribution < -0.4 is 16.4 Å². The lowest BCUT2D eigenvalue weighted by molar-refractivity contribution is -0.347. The van der Waals surface area contributed by atoms with Gasteiger partial charge >= 0.3 is 24.0 Å². The van der Waals surface area contributed by atoms with Gasteiger partial charge in [0, 0.05) is 31.7 Å². The molecular weight excluding hydrogens is 853 g/mol. The predicted molar refractivity (Wildman–Crippen MR) is 225 cm³/mol. The molecule has 0 radical (unpaired) electrons. The summed E-state index contributed by atoms with van der Waals surface area (Å²) in [5, 5.41) is 54.5. The van der Waals surface area contributed by atoms with Crippen LogP contribution in [-0.4, -0.2) is 153 Å². The first-order valence-corrected chi connectivity index (χ1v) is 21.8. The van der Waals surface area contributed by atoms with Crippen LogP contribution in [0, 0.1) is 16.7 Å². The minimum absolute atomic E-state index is 0.0918. The van der Waals surface area contributed by atoms with Gasteiger partial charge in [0.2, 0.25) is 11.8 Å². The van der Waals surface area contributed by atoms with E-state index in [1.54, 1.807) is 51.1 Å². The molecule has 8 N–H and O–H groups in total. The Balaban J connectivity index is 1.47. The molecule has 20 heteroatoms. The molecule has 20 nitrogen and oxygen atoms in total. The summed E-state index contributed by atoms with van der Waals surface area (Å²) in [5.41, 5.74) is -3.49. The van der Waals surface area contributed by atoms with E-state index in [0.29, 0.717) is 12.0 Å². The molecule has 3 aliphatic carbocycles. The Bertz CT molecular complexity index is 2110. The smallest absolute Gasteiger partial charge is 0.408 e. The number of aliphatic hydroxyl groups is 4. The molecule has 2 saturated heterocycles. The zero-order valence-corrected chi connectivity index (χ0v) is 38.0. The van der Waals surface area contributed by atoms with Crippen molar-refractivity contribution in [2.45, 2.75) is 147 Å². The van der Waals surface area contributed by atoms with Crippen molar-refractivity contribution in [3.8, 4) is 0 Å². The van der Waals surface area contributed by atoms with Gasteiger partial charge in [0.15, 0.2) is 17.5 Å². The Morgan fingerprint density at radius 2 is 1.71 bits per heavy atom. The van der Waals surface area contributed by atoms with Crippen LogP contribution in [0.1, 0.15) is 92.7 Å². The lowest BCUT2D eigenvalue weighted by Crippen LogP contribution is -2.82. The average molecular weight is 915 g/mol. The summed E-state index contributed by atoms with van der Waals surface area (Å²) in [4.78, 5) is 96.6. The first kappa shape index (κ1) is 49.4. The highest BCUT2D eigenvalue weighted by molar-refractivity contribution is 5.94. The minimum atomic E-state index is -2.48. The van der Waals surface area contributed by atoms with E-state index in [1.165, 1.54) is 32.6 Å². The number of carbonyl (C=O) groups excluding carboxylic acids is 7. The van der Waals surface area contributed by atoms with Crippen molar-refractivity contribution < 1.29 is 77.7 Å².